The zero-order chi connectivity index (χ0) is 26.9. The molecule has 0 N–H and O–H groups in total. The van der Waals surface area contributed by atoms with Crippen LogP contribution in [0.15, 0.2) is 88.1 Å². The number of rotatable bonds is 4. The Balaban J connectivity index is 1.56. The average molecular weight is 535 g/mol. The number of para-hydroxylation sites is 2. The van der Waals surface area contributed by atoms with Crippen LogP contribution in [-0.2, 0) is 16.9 Å². The summed E-state index contributed by atoms with van der Waals surface area (Å²) in [5.74, 6) is -1.09. The molecule has 4 heterocycles. The lowest BCUT2D eigenvalue weighted by atomic mass is 9.84. The molecule has 3 aromatic carbocycles. The zero-order valence-electron chi connectivity index (χ0n) is 21.1. The second kappa shape index (κ2) is 8.44. The minimum atomic E-state index is -1.78. The Kier molecular flexibility index (Phi) is 5.08. The highest BCUT2D eigenvalue weighted by atomic mass is 32.1. The first-order valence-electron chi connectivity index (χ1n) is 12.6. The van der Waals surface area contributed by atoms with Gasteiger partial charge in [-0.1, -0.05) is 85.8 Å². The fourth-order valence-corrected chi connectivity index (χ4v) is 6.48. The van der Waals surface area contributed by atoms with Crippen LogP contribution in [0.25, 0.3) is 11.0 Å². The van der Waals surface area contributed by atoms with E-state index >= 15 is 0 Å². The minimum absolute atomic E-state index is 0.0144. The van der Waals surface area contributed by atoms with Crippen molar-refractivity contribution in [2.75, 3.05) is 9.80 Å². The van der Waals surface area contributed by atoms with Crippen LogP contribution in [0.2, 0.25) is 0 Å². The van der Waals surface area contributed by atoms with Crippen molar-refractivity contribution in [2.45, 2.75) is 31.8 Å². The predicted molar refractivity (Wildman–Crippen MR) is 148 cm³/mol. The van der Waals surface area contributed by atoms with Gasteiger partial charge in [0.25, 0.3) is 11.8 Å². The third-order valence-corrected chi connectivity index (χ3v) is 8.54. The molecule has 8 nitrogen and oxygen atoms in total. The van der Waals surface area contributed by atoms with Crippen LogP contribution in [0.5, 0.6) is 0 Å². The Morgan fingerprint density at radius 1 is 0.897 bits per heavy atom. The van der Waals surface area contributed by atoms with E-state index < -0.39 is 22.8 Å². The summed E-state index contributed by atoms with van der Waals surface area (Å²) in [4.78, 5) is 46.2. The summed E-state index contributed by atoms with van der Waals surface area (Å²) in [6.45, 7) is 4.23. The Hall–Kier alpha value is -4.63. The van der Waals surface area contributed by atoms with Gasteiger partial charge in [-0.2, -0.15) is 0 Å². The number of aromatic nitrogens is 2. The monoisotopic (exact) mass is 534 g/mol. The van der Waals surface area contributed by atoms with Crippen LogP contribution in [-0.4, -0.2) is 22.0 Å². The van der Waals surface area contributed by atoms with Crippen molar-refractivity contribution in [3.05, 3.63) is 117 Å². The molecular weight excluding hydrogens is 512 g/mol. The molecule has 39 heavy (non-hydrogen) atoms. The topological polar surface area (TPSA) is 96.6 Å². The molecule has 0 radical (unpaired) electrons. The van der Waals surface area contributed by atoms with Gasteiger partial charge in [0, 0.05) is 11.5 Å². The maximum absolute atomic E-state index is 14.8. The number of hydrogen-bond acceptors (Lipinski definition) is 7. The van der Waals surface area contributed by atoms with Crippen molar-refractivity contribution in [1.29, 1.82) is 0 Å². The van der Waals surface area contributed by atoms with E-state index in [1.54, 1.807) is 35.2 Å². The Bertz CT molecular complexity index is 1860. The molecule has 2 aliphatic rings. The third-order valence-electron chi connectivity index (χ3n) is 7.33. The first kappa shape index (κ1) is 23.5. The Morgan fingerprint density at radius 3 is 2.38 bits per heavy atom. The second-order valence-electron chi connectivity index (χ2n) is 9.95. The molecule has 2 aliphatic heterocycles. The molecule has 1 atom stereocenters. The minimum Gasteiger partial charge on any atom is -0.450 e. The summed E-state index contributed by atoms with van der Waals surface area (Å²) >= 11 is 1.23. The maximum atomic E-state index is 14.8. The van der Waals surface area contributed by atoms with Crippen LogP contribution in [0.1, 0.15) is 52.0 Å². The first-order chi connectivity index (χ1) is 18.9. The Labute approximate surface area is 227 Å². The maximum Gasteiger partial charge on any atom is 0.297 e. The van der Waals surface area contributed by atoms with Gasteiger partial charge in [-0.15, -0.1) is 10.2 Å². The molecule has 0 saturated heterocycles. The SMILES string of the molecule is CC(C)c1nnc(N2C(=O)c3oc4ccccc4c(=O)c3C23C(=O)N(Cc2ccccc2)c2ccccc23)s1. The average Bonchev–Trinajstić information content (AvgIpc) is 3.60. The summed E-state index contributed by atoms with van der Waals surface area (Å²) in [6, 6.07) is 23.7. The van der Waals surface area contributed by atoms with Crippen LogP contribution in [0, 0.1) is 0 Å². The third kappa shape index (κ3) is 3.13. The molecule has 0 bridgehead atoms. The van der Waals surface area contributed by atoms with E-state index in [0.717, 1.165) is 5.56 Å². The van der Waals surface area contributed by atoms with Gasteiger partial charge in [0.2, 0.25) is 10.9 Å². The lowest BCUT2D eigenvalue weighted by Crippen LogP contribution is -2.53. The molecule has 0 fully saturated rings. The van der Waals surface area contributed by atoms with Gasteiger partial charge in [0.15, 0.2) is 11.0 Å². The molecule has 2 aromatic heterocycles. The molecule has 192 valence electrons. The molecule has 1 spiro atoms. The van der Waals surface area contributed by atoms with Crippen LogP contribution < -0.4 is 15.2 Å². The van der Waals surface area contributed by atoms with Crippen molar-refractivity contribution >= 4 is 44.9 Å². The number of amides is 2. The number of carbonyl (C=O) groups is 2. The highest BCUT2D eigenvalue weighted by molar-refractivity contribution is 7.15. The van der Waals surface area contributed by atoms with Gasteiger partial charge < -0.3 is 9.32 Å². The molecule has 2 amide bonds. The quantitative estimate of drug-likeness (QED) is 0.314. The van der Waals surface area contributed by atoms with Crippen LogP contribution in [0.3, 0.4) is 0 Å². The van der Waals surface area contributed by atoms with Crippen molar-refractivity contribution in [2.24, 2.45) is 0 Å². The molecule has 7 rings (SSSR count). The molecular formula is C30H22N4O4S. The summed E-state index contributed by atoms with van der Waals surface area (Å²) in [6.07, 6.45) is 0. The number of anilines is 2. The van der Waals surface area contributed by atoms with E-state index in [1.165, 1.54) is 16.2 Å². The van der Waals surface area contributed by atoms with E-state index in [1.807, 2.05) is 62.4 Å². The van der Waals surface area contributed by atoms with E-state index in [4.69, 9.17) is 4.42 Å². The van der Waals surface area contributed by atoms with Crippen molar-refractivity contribution < 1.29 is 14.0 Å². The van der Waals surface area contributed by atoms with Gasteiger partial charge in [0.1, 0.15) is 10.6 Å². The van der Waals surface area contributed by atoms with Crippen LogP contribution in [0.4, 0.5) is 10.8 Å². The lowest BCUT2D eigenvalue weighted by molar-refractivity contribution is -0.121. The largest absolute Gasteiger partial charge is 0.450 e. The molecule has 1 unspecified atom stereocenters. The van der Waals surface area contributed by atoms with Crippen LogP contribution >= 0.6 is 11.3 Å². The van der Waals surface area contributed by atoms with E-state index in [0.29, 0.717) is 21.6 Å². The first-order valence-corrected chi connectivity index (χ1v) is 13.4. The van der Waals surface area contributed by atoms with E-state index in [-0.39, 0.29) is 34.5 Å². The van der Waals surface area contributed by atoms with E-state index in [9.17, 15) is 14.4 Å². The number of hydrogen-bond donors (Lipinski definition) is 0. The van der Waals surface area contributed by atoms with Gasteiger partial charge in [-0.25, -0.2) is 0 Å². The highest BCUT2D eigenvalue weighted by Gasteiger charge is 2.66. The fourth-order valence-electron chi connectivity index (χ4n) is 5.58. The van der Waals surface area contributed by atoms with Crippen molar-refractivity contribution in [3.8, 4) is 0 Å². The lowest BCUT2D eigenvalue weighted by Gasteiger charge is -2.32. The van der Waals surface area contributed by atoms with Crippen molar-refractivity contribution in [3.63, 3.8) is 0 Å². The predicted octanol–water partition coefficient (Wildman–Crippen LogP) is 5.22. The zero-order valence-corrected chi connectivity index (χ0v) is 21.9. The summed E-state index contributed by atoms with van der Waals surface area (Å²) < 4.78 is 6.10. The smallest absolute Gasteiger partial charge is 0.297 e. The normalized spacial score (nSPS) is 18.0. The number of benzene rings is 3. The van der Waals surface area contributed by atoms with E-state index in [2.05, 4.69) is 10.2 Å². The molecule has 0 aliphatic carbocycles. The standard InChI is InChI=1S/C30H22N4O4S/c1-17(2)26-31-32-29(39-26)34-27(36)25-23(24(35)19-12-6-9-15-22(19)38-25)30(34)20-13-7-8-14-21(20)33(28(30)37)16-18-10-4-3-5-11-18/h3-15,17H,16H2,1-2H3. The second-order valence-corrected chi connectivity index (χ2v) is 10.9. The number of nitrogens with zero attached hydrogens (tertiary/aromatic N) is 4. The summed E-state index contributed by atoms with van der Waals surface area (Å²) in [5.41, 5.74) is 0.168. The van der Waals surface area contributed by atoms with Gasteiger partial charge in [-0.05, 0) is 23.8 Å². The fraction of sp³-hybridized carbons (Fsp3) is 0.167. The Morgan fingerprint density at radius 2 is 1.62 bits per heavy atom. The molecule has 5 aromatic rings. The summed E-state index contributed by atoms with van der Waals surface area (Å²) in [5, 5.41) is 9.90. The molecule has 0 saturated carbocycles. The summed E-state index contributed by atoms with van der Waals surface area (Å²) in [7, 11) is 0. The van der Waals surface area contributed by atoms with Gasteiger partial charge >= 0.3 is 0 Å². The number of fused-ring (bicyclic) bond motifs is 5. The van der Waals surface area contributed by atoms with Gasteiger partial charge in [-0.3, -0.25) is 19.3 Å². The van der Waals surface area contributed by atoms with Gasteiger partial charge in [0.05, 0.1) is 23.2 Å². The highest BCUT2D eigenvalue weighted by Crippen LogP contribution is 2.54. The number of carbonyl (C=O) groups excluding carboxylic acids is 2. The molecule has 9 heteroatoms. The van der Waals surface area contributed by atoms with Crippen molar-refractivity contribution in [1.82, 2.24) is 10.2 Å².